The van der Waals surface area contributed by atoms with Gasteiger partial charge in [-0.1, -0.05) is 0 Å². The average Bonchev–Trinajstić information content (AvgIpc) is 2.64. The van der Waals surface area contributed by atoms with Gasteiger partial charge in [-0.2, -0.15) is 0 Å². The molecule has 0 aliphatic rings. The van der Waals surface area contributed by atoms with Gasteiger partial charge in [0, 0.05) is 5.56 Å². The lowest BCUT2D eigenvalue weighted by Gasteiger charge is -1.98. The Kier molecular flexibility index (Phi) is 3.02. The van der Waals surface area contributed by atoms with Gasteiger partial charge in [-0.15, -0.1) is 0 Å². The Labute approximate surface area is 98.8 Å². The van der Waals surface area contributed by atoms with E-state index in [0.717, 1.165) is 12.1 Å². The van der Waals surface area contributed by atoms with E-state index in [0.29, 0.717) is 21.7 Å². The lowest BCUT2D eigenvalue weighted by molar-refractivity contribution is 0.509. The third-order valence-corrected chi connectivity index (χ3v) is 2.67. The van der Waals surface area contributed by atoms with Crippen molar-refractivity contribution in [1.82, 2.24) is 9.97 Å². The van der Waals surface area contributed by atoms with Gasteiger partial charge in [-0.05, 0) is 34.1 Å². The Morgan fingerprint density at radius 2 is 2.06 bits per heavy atom. The first-order valence-corrected chi connectivity index (χ1v) is 5.31. The van der Waals surface area contributed by atoms with Crippen molar-refractivity contribution in [3.63, 3.8) is 0 Å². The van der Waals surface area contributed by atoms with Gasteiger partial charge in [0.2, 0.25) is 0 Å². The van der Waals surface area contributed by atoms with E-state index in [1.165, 1.54) is 6.07 Å². The van der Waals surface area contributed by atoms with Gasteiger partial charge in [0.1, 0.15) is 16.1 Å². The molecule has 0 bridgehead atoms. The van der Waals surface area contributed by atoms with Crippen molar-refractivity contribution in [2.75, 3.05) is 0 Å². The van der Waals surface area contributed by atoms with Crippen LogP contribution in [-0.4, -0.2) is 9.97 Å². The van der Waals surface area contributed by atoms with E-state index in [-0.39, 0.29) is 6.54 Å². The fraction of sp³-hybridized carbons (Fsp3) is 0.100. The van der Waals surface area contributed by atoms with Gasteiger partial charge in [-0.3, -0.25) is 0 Å². The Morgan fingerprint density at radius 1 is 1.31 bits per heavy atom. The molecule has 0 fully saturated rings. The molecule has 2 aromatic rings. The minimum atomic E-state index is -0.901. The SMILES string of the molecule is NCc1nc(-c2ccc(F)c(F)c2)c(Br)[nH]1. The van der Waals surface area contributed by atoms with E-state index in [4.69, 9.17) is 5.73 Å². The summed E-state index contributed by atoms with van der Waals surface area (Å²) >= 11 is 3.25. The number of benzene rings is 1. The summed E-state index contributed by atoms with van der Waals surface area (Å²) in [5.74, 6) is -1.21. The second kappa shape index (κ2) is 4.31. The standard InChI is InChI=1S/C10H8BrF2N3/c11-10-9(15-8(4-14)16-10)5-1-2-6(12)7(13)3-5/h1-3H,4,14H2,(H,15,16). The number of aromatic nitrogens is 2. The van der Waals surface area contributed by atoms with Crippen molar-refractivity contribution in [3.8, 4) is 11.3 Å². The summed E-state index contributed by atoms with van der Waals surface area (Å²) in [6.45, 7) is 0.252. The quantitative estimate of drug-likeness (QED) is 0.892. The summed E-state index contributed by atoms with van der Waals surface area (Å²) in [4.78, 5) is 7.04. The molecule has 0 saturated carbocycles. The van der Waals surface area contributed by atoms with Crippen molar-refractivity contribution in [3.05, 3.63) is 40.3 Å². The highest BCUT2D eigenvalue weighted by molar-refractivity contribution is 9.10. The highest BCUT2D eigenvalue weighted by Crippen LogP contribution is 2.26. The molecule has 2 rings (SSSR count). The summed E-state index contributed by atoms with van der Waals surface area (Å²) in [6.07, 6.45) is 0. The molecule has 0 aliphatic carbocycles. The molecule has 0 spiro atoms. The van der Waals surface area contributed by atoms with Gasteiger partial charge in [0.25, 0.3) is 0 Å². The molecule has 0 atom stereocenters. The number of nitrogens with two attached hydrogens (primary N) is 1. The topological polar surface area (TPSA) is 54.7 Å². The third-order valence-electron chi connectivity index (χ3n) is 2.10. The normalized spacial score (nSPS) is 10.8. The summed E-state index contributed by atoms with van der Waals surface area (Å²) in [5, 5.41) is 0. The van der Waals surface area contributed by atoms with Gasteiger partial charge >= 0.3 is 0 Å². The van der Waals surface area contributed by atoms with Crippen LogP contribution in [0.25, 0.3) is 11.3 Å². The zero-order chi connectivity index (χ0) is 11.7. The van der Waals surface area contributed by atoms with Crippen molar-refractivity contribution in [2.45, 2.75) is 6.54 Å². The van der Waals surface area contributed by atoms with Crippen LogP contribution >= 0.6 is 15.9 Å². The molecule has 0 amide bonds. The molecule has 0 unspecified atom stereocenters. The van der Waals surface area contributed by atoms with Crippen LogP contribution in [0.15, 0.2) is 22.8 Å². The second-order valence-corrected chi connectivity index (χ2v) is 3.97. The molecule has 1 aromatic carbocycles. The fourth-order valence-electron chi connectivity index (χ4n) is 1.33. The average molecular weight is 288 g/mol. The predicted molar refractivity (Wildman–Crippen MR) is 59.5 cm³/mol. The van der Waals surface area contributed by atoms with Crippen LogP contribution in [0.3, 0.4) is 0 Å². The smallest absolute Gasteiger partial charge is 0.159 e. The first kappa shape index (κ1) is 11.2. The monoisotopic (exact) mass is 287 g/mol. The van der Waals surface area contributed by atoms with E-state index >= 15 is 0 Å². The number of nitrogens with zero attached hydrogens (tertiary/aromatic N) is 1. The predicted octanol–water partition coefficient (Wildman–Crippen LogP) is 2.58. The van der Waals surface area contributed by atoms with Gasteiger partial charge in [0.05, 0.1) is 6.54 Å². The largest absolute Gasteiger partial charge is 0.335 e. The van der Waals surface area contributed by atoms with E-state index in [2.05, 4.69) is 25.9 Å². The van der Waals surface area contributed by atoms with Gasteiger partial charge in [0.15, 0.2) is 11.6 Å². The van der Waals surface area contributed by atoms with Crippen molar-refractivity contribution >= 4 is 15.9 Å². The lowest BCUT2D eigenvalue weighted by atomic mass is 10.1. The first-order chi connectivity index (χ1) is 7.61. The number of rotatable bonds is 2. The minimum Gasteiger partial charge on any atom is -0.335 e. The van der Waals surface area contributed by atoms with E-state index < -0.39 is 11.6 Å². The molecule has 84 valence electrons. The van der Waals surface area contributed by atoms with Crippen LogP contribution in [-0.2, 0) is 6.54 Å². The highest BCUT2D eigenvalue weighted by Gasteiger charge is 2.11. The fourth-order valence-corrected chi connectivity index (χ4v) is 1.88. The number of imidazole rings is 1. The summed E-state index contributed by atoms with van der Waals surface area (Å²) in [5.41, 5.74) is 6.42. The third kappa shape index (κ3) is 1.98. The number of hydrogen-bond acceptors (Lipinski definition) is 2. The van der Waals surface area contributed by atoms with Crippen LogP contribution in [0.4, 0.5) is 8.78 Å². The maximum absolute atomic E-state index is 13.0. The van der Waals surface area contributed by atoms with Crippen LogP contribution in [0.2, 0.25) is 0 Å². The molecular formula is C10H8BrF2N3. The number of H-pyrrole nitrogens is 1. The molecule has 3 N–H and O–H groups in total. The summed E-state index contributed by atoms with van der Waals surface area (Å²) in [7, 11) is 0. The Hall–Kier alpha value is -1.27. The molecule has 1 heterocycles. The van der Waals surface area contributed by atoms with E-state index in [1.54, 1.807) is 0 Å². The zero-order valence-electron chi connectivity index (χ0n) is 8.10. The molecule has 3 nitrogen and oxygen atoms in total. The van der Waals surface area contributed by atoms with Crippen LogP contribution < -0.4 is 5.73 Å². The number of halogens is 3. The first-order valence-electron chi connectivity index (χ1n) is 4.51. The minimum absolute atomic E-state index is 0.252. The molecule has 0 aliphatic heterocycles. The van der Waals surface area contributed by atoms with Crippen molar-refractivity contribution in [2.24, 2.45) is 5.73 Å². The van der Waals surface area contributed by atoms with Gasteiger partial charge < -0.3 is 10.7 Å². The Morgan fingerprint density at radius 3 is 2.62 bits per heavy atom. The maximum Gasteiger partial charge on any atom is 0.159 e. The number of nitrogens with one attached hydrogen (secondary N) is 1. The van der Waals surface area contributed by atoms with Crippen molar-refractivity contribution in [1.29, 1.82) is 0 Å². The molecule has 0 radical (unpaired) electrons. The molecule has 1 aromatic heterocycles. The van der Waals surface area contributed by atoms with Crippen molar-refractivity contribution < 1.29 is 8.78 Å². The van der Waals surface area contributed by atoms with Gasteiger partial charge in [-0.25, -0.2) is 13.8 Å². The zero-order valence-corrected chi connectivity index (χ0v) is 9.68. The van der Waals surface area contributed by atoms with Crippen LogP contribution in [0.1, 0.15) is 5.82 Å². The Bertz CT molecular complexity index is 525. The maximum atomic E-state index is 13.0. The van der Waals surface area contributed by atoms with Crippen LogP contribution in [0, 0.1) is 11.6 Å². The molecule has 16 heavy (non-hydrogen) atoms. The number of aromatic amines is 1. The summed E-state index contributed by atoms with van der Waals surface area (Å²) in [6, 6.07) is 3.62. The Balaban J connectivity index is 2.49. The van der Waals surface area contributed by atoms with E-state index in [9.17, 15) is 8.78 Å². The number of hydrogen-bond donors (Lipinski definition) is 2. The lowest BCUT2D eigenvalue weighted by Crippen LogP contribution is -1.97. The van der Waals surface area contributed by atoms with Crippen LogP contribution in [0.5, 0.6) is 0 Å². The highest BCUT2D eigenvalue weighted by atomic mass is 79.9. The summed E-state index contributed by atoms with van der Waals surface area (Å²) < 4.78 is 26.4. The molecule has 6 heteroatoms. The molecule has 0 saturated heterocycles. The van der Waals surface area contributed by atoms with E-state index in [1.807, 2.05) is 0 Å². The molecular weight excluding hydrogens is 280 g/mol. The second-order valence-electron chi connectivity index (χ2n) is 3.18.